The van der Waals surface area contributed by atoms with Crippen molar-refractivity contribution in [3.63, 3.8) is 0 Å². The fourth-order valence-corrected chi connectivity index (χ4v) is 2.00. The van der Waals surface area contributed by atoms with Crippen LogP contribution in [0.2, 0.25) is 0 Å². The minimum atomic E-state index is -0.129. The number of phenolic OH excluding ortho intramolecular Hbond substituents is 1. The fraction of sp³-hybridized carbons (Fsp3) is 0.316. The minimum absolute atomic E-state index is 0. The van der Waals surface area contributed by atoms with E-state index in [0.29, 0.717) is 17.9 Å². The molecule has 5 heteroatoms. The molecule has 2 N–H and O–H groups in total. The van der Waals surface area contributed by atoms with Gasteiger partial charge in [-0.3, -0.25) is 4.79 Å². The average Bonchev–Trinajstić information content (AvgIpc) is 2.51. The molecule has 0 aliphatic rings. The number of Topliss-reactive ketones (excluding diaryl/α,β-unsaturated/α-hetero) is 1. The van der Waals surface area contributed by atoms with Gasteiger partial charge in [0.2, 0.25) is 0 Å². The molecule has 0 radical (unpaired) electrons. The van der Waals surface area contributed by atoms with Gasteiger partial charge < -0.3 is 15.2 Å². The zero-order chi connectivity index (χ0) is 16.9. The summed E-state index contributed by atoms with van der Waals surface area (Å²) in [7, 11) is 0. The van der Waals surface area contributed by atoms with Crippen LogP contribution in [0.25, 0.3) is 0 Å². The van der Waals surface area contributed by atoms with Gasteiger partial charge in [0.05, 0.1) is 6.54 Å². The van der Waals surface area contributed by atoms with Crippen LogP contribution in [0.4, 0.5) is 0 Å². The minimum Gasteiger partial charge on any atom is -0.504 e. The Bertz CT molecular complexity index is 666. The molecule has 0 amide bonds. The van der Waals surface area contributed by atoms with Gasteiger partial charge in [-0.15, -0.1) is 12.4 Å². The molecule has 4 nitrogen and oxygen atoms in total. The van der Waals surface area contributed by atoms with Gasteiger partial charge in [-0.25, -0.2) is 0 Å². The standard InChI is InChI=1S/C19H23NO3.ClH/c1-19(2,3)20-12-17(22)15-9-10-18(16(21)11-15)23-13-14-7-5-4-6-8-14;/h4-11,20-21H,12-13H2,1-3H3;1H. The van der Waals surface area contributed by atoms with Crippen LogP contribution in [0.5, 0.6) is 11.5 Å². The lowest BCUT2D eigenvalue weighted by molar-refractivity contribution is 0.0981. The van der Waals surface area contributed by atoms with E-state index in [1.807, 2.05) is 51.1 Å². The van der Waals surface area contributed by atoms with Crippen molar-refractivity contribution >= 4 is 18.2 Å². The van der Waals surface area contributed by atoms with Crippen LogP contribution in [0.1, 0.15) is 36.7 Å². The van der Waals surface area contributed by atoms with Gasteiger partial charge in [-0.2, -0.15) is 0 Å². The largest absolute Gasteiger partial charge is 0.504 e. The van der Waals surface area contributed by atoms with E-state index in [1.54, 1.807) is 12.1 Å². The van der Waals surface area contributed by atoms with Gasteiger partial charge in [0, 0.05) is 11.1 Å². The van der Waals surface area contributed by atoms with Crippen LogP contribution in [0.3, 0.4) is 0 Å². The van der Waals surface area contributed by atoms with Crippen LogP contribution < -0.4 is 10.1 Å². The molecule has 24 heavy (non-hydrogen) atoms. The highest BCUT2D eigenvalue weighted by atomic mass is 35.5. The molecular weight excluding hydrogens is 326 g/mol. The molecule has 0 bridgehead atoms. The maximum Gasteiger partial charge on any atom is 0.176 e. The fourth-order valence-electron chi connectivity index (χ4n) is 2.00. The van der Waals surface area contributed by atoms with Gasteiger partial charge >= 0.3 is 0 Å². The Morgan fingerprint density at radius 2 is 1.79 bits per heavy atom. The first-order valence-electron chi connectivity index (χ1n) is 7.63. The third-order valence-electron chi connectivity index (χ3n) is 3.30. The van der Waals surface area contributed by atoms with Crippen molar-refractivity contribution in [3.05, 3.63) is 59.7 Å². The van der Waals surface area contributed by atoms with Crippen molar-refractivity contribution in [2.45, 2.75) is 32.9 Å². The van der Waals surface area contributed by atoms with Crippen LogP contribution in [-0.2, 0) is 6.61 Å². The smallest absolute Gasteiger partial charge is 0.176 e. The van der Waals surface area contributed by atoms with E-state index in [4.69, 9.17) is 4.74 Å². The summed E-state index contributed by atoms with van der Waals surface area (Å²) in [5.41, 5.74) is 1.35. The molecule has 2 rings (SSSR count). The first-order valence-corrected chi connectivity index (χ1v) is 7.63. The van der Waals surface area contributed by atoms with Crippen LogP contribution in [-0.4, -0.2) is 23.0 Å². The maximum atomic E-state index is 12.1. The number of ether oxygens (including phenoxy) is 1. The SMILES string of the molecule is CC(C)(C)NCC(=O)c1ccc(OCc2ccccc2)c(O)c1.Cl. The Labute approximate surface area is 149 Å². The van der Waals surface area contributed by atoms with E-state index in [0.717, 1.165) is 5.56 Å². The summed E-state index contributed by atoms with van der Waals surface area (Å²) >= 11 is 0. The Morgan fingerprint density at radius 1 is 1.12 bits per heavy atom. The quantitative estimate of drug-likeness (QED) is 0.775. The molecule has 0 unspecified atom stereocenters. The van der Waals surface area contributed by atoms with E-state index in [9.17, 15) is 9.90 Å². The number of hydrogen-bond donors (Lipinski definition) is 2. The molecule has 0 aromatic heterocycles. The second kappa shape index (κ2) is 8.71. The lowest BCUT2D eigenvalue weighted by Gasteiger charge is -2.19. The first-order chi connectivity index (χ1) is 10.8. The Morgan fingerprint density at radius 3 is 2.38 bits per heavy atom. The number of halogens is 1. The predicted molar refractivity (Wildman–Crippen MR) is 98.2 cm³/mol. The number of rotatable bonds is 6. The van der Waals surface area contributed by atoms with Crippen molar-refractivity contribution in [1.82, 2.24) is 5.32 Å². The van der Waals surface area contributed by atoms with Gasteiger partial charge in [-0.1, -0.05) is 30.3 Å². The Balaban J connectivity index is 0.00000288. The third kappa shape index (κ3) is 6.22. The monoisotopic (exact) mass is 349 g/mol. The second-order valence-electron chi connectivity index (χ2n) is 6.48. The average molecular weight is 350 g/mol. The van der Waals surface area contributed by atoms with Crippen molar-refractivity contribution in [3.8, 4) is 11.5 Å². The molecule has 2 aromatic rings. The molecule has 0 saturated carbocycles. The highest BCUT2D eigenvalue weighted by molar-refractivity contribution is 5.98. The van der Waals surface area contributed by atoms with Gasteiger partial charge in [0.1, 0.15) is 6.61 Å². The van der Waals surface area contributed by atoms with Crippen molar-refractivity contribution in [2.24, 2.45) is 0 Å². The molecule has 0 saturated heterocycles. The van der Waals surface area contributed by atoms with E-state index in [2.05, 4.69) is 5.32 Å². The maximum absolute atomic E-state index is 12.1. The number of ketones is 1. The third-order valence-corrected chi connectivity index (χ3v) is 3.30. The molecule has 2 aromatic carbocycles. The zero-order valence-electron chi connectivity index (χ0n) is 14.2. The first kappa shape index (κ1) is 20.0. The zero-order valence-corrected chi connectivity index (χ0v) is 15.0. The van der Waals surface area contributed by atoms with E-state index < -0.39 is 0 Å². The summed E-state index contributed by atoms with van der Waals surface area (Å²) in [6.07, 6.45) is 0. The molecule has 130 valence electrons. The molecule has 0 atom stereocenters. The van der Waals surface area contributed by atoms with Crippen LogP contribution in [0, 0.1) is 0 Å². The molecule has 0 heterocycles. The highest BCUT2D eigenvalue weighted by Crippen LogP contribution is 2.27. The van der Waals surface area contributed by atoms with Gasteiger partial charge in [0.15, 0.2) is 17.3 Å². The number of aromatic hydroxyl groups is 1. The molecular formula is C19H24ClNO3. The lowest BCUT2D eigenvalue weighted by Crippen LogP contribution is -2.39. The number of carbonyl (C=O) groups excluding carboxylic acids is 1. The van der Waals surface area contributed by atoms with Crippen molar-refractivity contribution < 1.29 is 14.6 Å². The number of hydrogen-bond acceptors (Lipinski definition) is 4. The lowest BCUT2D eigenvalue weighted by atomic mass is 10.1. The predicted octanol–water partition coefficient (Wildman–Crippen LogP) is 3.96. The Kier molecular flexibility index (Phi) is 7.26. The van der Waals surface area contributed by atoms with Crippen LogP contribution in [0.15, 0.2) is 48.5 Å². The van der Waals surface area contributed by atoms with Crippen molar-refractivity contribution in [2.75, 3.05) is 6.54 Å². The summed E-state index contributed by atoms with van der Waals surface area (Å²) in [6, 6.07) is 14.5. The summed E-state index contributed by atoms with van der Waals surface area (Å²) in [5, 5.41) is 13.2. The molecule has 0 spiro atoms. The van der Waals surface area contributed by atoms with E-state index in [-0.39, 0.29) is 36.0 Å². The summed E-state index contributed by atoms with van der Waals surface area (Å²) < 4.78 is 5.59. The number of carbonyl (C=O) groups is 1. The second-order valence-corrected chi connectivity index (χ2v) is 6.48. The van der Waals surface area contributed by atoms with Gasteiger partial charge in [-0.05, 0) is 44.5 Å². The topological polar surface area (TPSA) is 58.6 Å². The van der Waals surface area contributed by atoms with Crippen LogP contribution >= 0.6 is 12.4 Å². The number of phenols is 1. The van der Waals surface area contributed by atoms with E-state index >= 15 is 0 Å². The Hall–Kier alpha value is -2.04. The molecule has 0 fully saturated rings. The van der Waals surface area contributed by atoms with Gasteiger partial charge in [0.25, 0.3) is 0 Å². The number of nitrogens with one attached hydrogen (secondary N) is 1. The highest BCUT2D eigenvalue weighted by Gasteiger charge is 2.14. The molecule has 0 aliphatic heterocycles. The van der Waals surface area contributed by atoms with Crippen molar-refractivity contribution in [1.29, 1.82) is 0 Å². The molecule has 0 aliphatic carbocycles. The normalized spacial score (nSPS) is 10.8. The van der Waals surface area contributed by atoms with E-state index in [1.165, 1.54) is 6.07 Å². The summed E-state index contributed by atoms with van der Waals surface area (Å²) in [5.74, 6) is 0.279. The number of benzene rings is 2. The summed E-state index contributed by atoms with van der Waals surface area (Å²) in [4.78, 5) is 12.1. The summed E-state index contributed by atoms with van der Waals surface area (Å²) in [6.45, 7) is 6.59.